The molecule has 19 heavy (non-hydrogen) atoms. The van der Waals surface area contributed by atoms with Crippen LogP contribution in [0.5, 0.6) is 0 Å². The number of furan rings is 1. The monoisotopic (exact) mass is 273 g/mol. The van der Waals surface area contributed by atoms with E-state index in [1.54, 1.807) is 42.7 Å². The molecule has 3 aromatic rings. The molecule has 2 aromatic heterocycles. The summed E-state index contributed by atoms with van der Waals surface area (Å²) in [5.74, 6) is 0.872. The second-order valence-electron chi connectivity index (χ2n) is 3.85. The van der Waals surface area contributed by atoms with Crippen molar-refractivity contribution in [1.82, 2.24) is 4.98 Å². The van der Waals surface area contributed by atoms with Crippen LogP contribution in [0, 0.1) is 0 Å². The van der Waals surface area contributed by atoms with Crippen molar-refractivity contribution in [1.29, 1.82) is 0 Å². The minimum Gasteiger partial charge on any atom is -0.465 e. The fourth-order valence-corrected chi connectivity index (χ4v) is 1.84. The Morgan fingerprint density at radius 3 is 2.89 bits per heavy atom. The summed E-state index contributed by atoms with van der Waals surface area (Å²) in [6.07, 6.45) is 4.81. The first-order chi connectivity index (χ1) is 9.22. The number of rotatable bonds is 2. The van der Waals surface area contributed by atoms with Gasteiger partial charge in [-0.15, -0.1) is 0 Å². The predicted molar refractivity (Wildman–Crippen MR) is 72.9 cm³/mol. The van der Waals surface area contributed by atoms with Gasteiger partial charge in [-0.1, -0.05) is 11.6 Å². The number of hydrogen-bond acceptors (Lipinski definition) is 4. The van der Waals surface area contributed by atoms with Gasteiger partial charge in [-0.2, -0.15) is 0 Å². The molecule has 94 valence electrons. The van der Waals surface area contributed by atoms with E-state index < -0.39 is 5.63 Å². The lowest BCUT2D eigenvalue weighted by molar-refractivity contribution is 0.490. The lowest BCUT2D eigenvalue weighted by Gasteiger charge is -1.97. The molecule has 0 aliphatic heterocycles. The van der Waals surface area contributed by atoms with E-state index in [0.717, 1.165) is 0 Å². The zero-order chi connectivity index (χ0) is 13.2. The van der Waals surface area contributed by atoms with Crippen molar-refractivity contribution in [3.63, 3.8) is 0 Å². The summed E-state index contributed by atoms with van der Waals surface area (Å²) in [4.78, 5) is 16.0. The Balaban J connectivity index is 2.06. The molecular weight excluding hydrogens is 266 g/mol. The predicted octanol–water partition coefficient (Wildman–Crippen LogP) is 3.60. The molecule has 0 saturated heterocycles. The van der Waals surface area contributed by atoms with Crippen LogP contribution in [0.25, 0.3) is 23.1 Å². The van der Waals surface area contributed by atoms with E-state index in [-0.39, 0.29) is 5.89 Å². The average Bonchev–Trinajstić information content (AvgIpc) is 2.90. The molecule has 0 amide bonds. The van der Waals surface area contributed by atoms with E-state index in [1.165, 1.54) is 6.07 Å². The molecule has 0 N–H and O–H groups in total. The third-order valence-corrected chi connectivity index (χ3v) is 2.77. The Morgan fingerprint density at radius 2 is 2.11 bits per heavy atom. The molecular formula is C14H8ClNO3. The second-order valence-corrected chi connectivity index (χ2v) is 4.29. The summed E-state index contributed by atoms with van der Waals surface area (Å²) in [5, 5.41) is 0.836. The van der Waals surface area contributed by atoms with E-state index >= 15 is 0 Å². The number of aromatic nitrogens is 1. The van der Waals surface area contributed by atoms with Gasteiger partial charge in [0.2, 0.25) is 5.89 Å². The summed E-state index contributed by atoms with van der Waals surface area (Å²) in [6.45, 7) is 0. The maximum Gasteiger partial charge on any atom is 0.347 e. The highest BCUT2D eigenvalue weighted by atomic mass is 35.5. The smallest absolute Gasteiger partial charge is 0.347 e. The van der Waals surface area contributed by atoms with Gasteiger partial charge in [-0.25, -0.2) is 9.78 Å². The molecule has 4 nitrogen and oxygen atoms in total. The number of halogens is 1. The van der Waals surface area contributed by atoms with Gasteiger partial charge in [0.25, 0.3) is 0 Å². The molecule has 5 heteroatoms. The Bertz CT molecular complexity index is 803. The van der Waals surface area contributed by atoms with E-state index in [1.807, 2.05) is 0 Å². The summed E-state index contributed by atoms with van der Waals surface area (Å²) in [6, 6.07) is 8.45. The van der Waals surface area contributed by atoms with Gasteiger partial charge in [0, 0.05) is 11.1 Å². The van der Waals surface area contributed by atoms with Gasteiger partial charge >= 0.3 is 5.63 Å². The zero-order valence-electron chi connectivity index (χ0n) is 9.67. The number of fused-ring (bicyclic) bond motifs is 1. The fraction of sp³-hybridized carbons (Fsp3) is 0. The molecule has 0 spiro atoms. The highest BCUT2D eigenvalue weighted by Gasteiger charge is 2.05. The van der Waals surface area contributed by atoms with Crippen molar-refractivity contribution in [2.45, 2.75) is 0 Å². The van der Waals surface area contributed by atoms with Crippen molar-refractivity contribution in [2.24, 2.45) is 0 Å². The Morgan fingerprint density at radius 1 is 1.21 bits per heavy atom. The van der Waals surface area contributed by atoms with E-state index in [4.69, 9.17) is 20.4 Å². The van der Waals surface area contributed by atoms with Crippen molar-refractivity contribution >= 4 is 34.7 Å². The first-order valence-electron chi connectivity index (χ1n) is 5.54. The van der Waals surface area contributed by atoms with Gasteiger partial charge in [0.1, 0.15) is 5.76 Å². The maximum atomic E-state index is 11.8. The van der Waals surface area contributed by atoms with Crippen molar-refractivity contribution in [3.05, 3.63) is 63.7 Å². The van der Waals surface area contributed by atoms with Crippen molar-refractivity contribution in [3.8, 4) is 0 Å². The second kappa shape index (κ2) is 4.74. The topological polar surface area (TPSA) is 56.2 Å². The SMILES string of the molecule is O=c1oc(C=Cc2ccco2)nc2ccc(Cl)cc12. The first-order valence-corrected chi connectivity index (χ1v) is 5.92. The number of nitrogens with zero attached hydrogens (tertiary/aromatic N) is 1. The summed E-state index contributed by atoms with van der Waals surface area (Å²) in [5.41, 5.74) is 0.0753. The molecule has 0 saturated carbocycles. The van der Waals surface area contributed by atoms with Gasteiger partial charge in [0.15, 0.2) is 0 Å². The quantitative estimate of drug-likeness (QED) is 0.716. The minimum atomic E-state index is -0.466. The number of benzene rings is 1. The van der Waals surface area contributed by atoms with E-state index in [0.29, 0.717) is 21.7 Å². The van der Waals surface area contributed by atoms with E-state index in [2.05, 4.69) is 4.98 Å². The van der Waals surface area contributed by atoms with Crippen LogP contribution in [0.3, 0.4) is 0 Å². The van der Waals surface area contributed by atoms with Crippen LogP contribution in [-0.4, -0.2) is 4.98 Å². The zero-order valence-corrected chi connectivity index (χ0v) is 10.4. The average molecular weight is 274 g/mol. The fourth-order valence-electron chi connectivity index (χ4n) is 1.67. The largest absolute Gasteiger partial charge is 0.465 e. The molecule has 0 aliphatic carbocycles. The third-order valence-electron chi connectivity index (χ3n) is 2.54. The molecule has 0 radical (unpaired) electrons. The highest BCUT2D eigenvalue weighted by Crippen LogP contribution is 2.16. The standard InChI is InChI=1S/C14H8ClNO3/c15-9-3-5-12-11(8-9)14(17)19-13(16-12)6-4-10-2-1-7-18-10/h1-8H. The van der Waals surface area contributed by atoms with Crippen LogP contribution in [-0.2, 0) is 0 Å². The Labute approximate surface area is 112 Å². The summed E-state index contributed by atoms with van der Waals surface area (Å²) < 4.78 is 10.2. The normalized spacial score (nSPS) is 11.4. The van der Waals surface area contributed by atoms with Crippen molar-refractivity contribution in [2.75, 3.05) is 0 Å². The van der Waals surface area contributed by atoms with Crippen LogP contribution in [0.2, 0.25) is 5.02 Å². The van der Waals surface area contributed by atoms with E-state index in [9.17, 15) is 4.79 Å². The molecule has 3 rings (SSSR count). The van der Waals surface area contributed by atoms with Gasteiger partial charge in [-0.3, -0.25) is 0 Å². The molecule has 1 aromatic carbocycles. The molecule has 0 unspecified atom stereocenters. The number of hydrogen-bond donors (Lipinski definition) is 0. The third kappa shape index (κ3) is 2.44. The summed E-state index contributed by atoms with van der Waals surface area (Å²) >= 11 is 5.82. The Kier molecular flexibility index (Phi) is 2.93. The van der Waals surface area contributed by atoms with Crippen LogP contribution in [0.15, 0.2) is 50.2 Å². The van der Waals surface area contributed by atoms with Gasteiger partial charge in [-0.05, 0) is 36.4 Å². The maximum absolute atomic E-state index is 11.8. The lowest BCUT2D eigenvalue weighted by Crippen LogP contribution is -2.02. The van der Waals surface area contributed by atoms with Crippen LogP contribution in [0.1, 0.15) is 11.7 Å². The van der Waals surface area contributed by atoms with Crippen LogP contribution >= 0.6 is 11.6 Å². The minimum absolute atomic E-state index is 0.219. The van der Waals surface area contributed by atoms with Gasteiger partial charge < -0.3 is 8.83 Å². The first kappa shape index (κ1) is 11.7. The lowest BCUT2D eigenvalue weighted by atomic mass is 10.2. The summed E-state index contributed by atoms with van der Waals surface area (Å²) in [7, 11) is 0. The molecule has 0 fully saturated rings. The van der Waals surface area contributed by atoms with Crippen LogP contribution in [0.4, 0.5) is 0 Å². The Hall–Kier alpha value is -2.33. The van der Waals surface area contributed by atoms with Crippen LogP contribution < -0.4 is 5.63 Å². The highest BCUT2D eigenvalue weighted by molar-refractivity contribution is 6.31. The molecule has 0 bridgehead atoms. The van der Waals surface area contributed by atoms with Crippen molar-refractivity contribution < 1.29 is 8.83 Å². The molecule has 0 aliphatic rings. The molecule has 0 atom stereocenters. The molecule has 2 heterocycles. The van der Waals surface area contributed by atoms with Gasteiger partial charge in [0.05, 0.1) is 17.2 Å².